The molecule has 5 rings (SSSR count). The van der Waals surface area contributed by atoms with E-state index in [1.165, 1.54) is 14.2 Å². The van der Waals surface area contributed by atoms with Crippen molar-refractivity contribution in [2.24, 2.45) is 0 Å². The van der Waals surface area contributed by atoms with E-state index in [4.69, 9.17) is 42.1 Å². The third-order valence-electron chi connectivity index (χ3n) is 6.54. The molecule has 1 heterocycles. The van der Waals surface area contributed by atoms with E-state index in [0.717, 1.165) is 5.56 Å². The minimum atomic E-state index is -0.541. The van der Waals surface area contributed by atoms with Gasteiger partial charge in [0.1, 0.15) is 17.2 Å². The van der Waals surface area contributed by atoms with Crippen LogP contribution in [-0.2, 0) is 9.47 Å². The highest BCUT2D eigenvalue weighted by Crippen LogP contribution is 2.44. The van der Waals surface area contributed by atoms with Crippen molar-refractivity contribution >= 4 is 46.0 Å². The molecule has 0 saturated carbocycles. The van der Waals surface area contributed by atoms with Crippen molar-refractivity contribution in [3.63, 3.8) is 0 Å². The van der Waals surface area contributed by atoms with Crippen molar-refractivity contribution in [1.82, 2.24) is 4.98 Å². The number of H-pyrrole nitrogens is 1. The Hall–Kier alpha value is -4.46. The van der Waals surface area contributed by atoms with E-state index < -0.39 is 11.9 Å². The molecular weight excluding hydrogens is 577 g/mol. The van der Waals surface area contributed by atoms with Crippen LogP contribution in [0, 0.1) is 0 Å². The van der Waals surface area contributed by atoms with Crippen molar-refractivity contribution in [3.8, 4) is 39.6 Å². The van der Waals surface area contributed by atoms with Crippen molar-refractivity contribution in [2.75, 3.05) is 14.2 Å². The smallest absolute Gasteiger partial charge is 0.340 e. The molecule has 4 aromatic carbocycles. The molecule has 0 aliphatic heterocycles. The highest BCUT2D eigenvalue weighted by atomic mass is 35.5. The summed E-state index contributed by atoms with van der Waals surface area (Å²) in [6.07, 6.45) is 0.0107. The number of ether oxygens (including phenoxy) is 4. The van der Waals surface area contributed by atoms with Crippen LogP contribution < -0.4 is 9.47 Å². The first-order valence-corrected chi connectivity index (χ1v) is 13.8. The number of carbonyl (C=O) groups excluding carboxylic acids is 2. The Labute approximate surface area is 252 Å². The molecule has 1 aromatic heterocycles. The maximum Gasteiger partial charge on any atom is 0.340 e. The first kappa shape index (κ1) is 29.0. The fraction of sp³-hybridized carbons (Fsp3) is 0.152. The van der Waals surface area contributed by atoms with Crippen LogP contribution in [0.25, 0.3) is 33.3 Å². The van der Waals surface area contributed by atoms with Gasteiger partial charge in [0.15, 0.2) is 0 Å². The van der Waals surface area contributed by atoms with Gasteiger partial charge in [0.05, 0.1) is 47.2 Å². The number of aromatic nitrogens is 1. The fourth-order valence-electron chi connectivity index (χ4n) is 4.69. The van der Waals surface area contributed by atoms with E-state index in [-0.39, 0.29) is 6.10 Å². The average molecular weight is 604 g/mol. The topological polar surface area (TPSA) is 86.9 Å². The van der Waals surface area contributed by atoms with Gasteiger partial charge in [0, 0.05) is 22.5 Å². The van der Waals surface area contributed by atoms with Gasteiger partial charge in [0.2, 0.25) is 0 Å². The number of hydrogen-bond acceptors (Lipinski definition) is 6. The molecule has 42 heavy (non-hydrogen) atoms. The summed E-state index contributed by atoms with van der Waals surface area (Å²) in [7, 11) is 2.66. The Kier molecular flexibility index (Phi) is 8.43. The Morgan fingerprint density at radius 1 is 0.738 bits per heavy atom. The molecular formula is C33H27Cl2NO6. The average Bonchev–Trinajstić information content (AvgIpc) is 3.38. The number of carbonyl (C=O) groups is 2. The molecule has 0 fully saturated rings. The quantitative estimate of drug-likeness (QED) is 0.178. The summed E-state index contributed by atoms with van der Waals surface area (Å²) in [4.78, 5) is 28.8. The van der Waals surface area contributed by atoms with Gasteiger partial charge in [-0.1, -0.05) is 47.5 Å². The Morgan fingerprint density at radius 2 is 1.38 bits per heavy atom. The Balaban J connectivity index is 1.75. The molecule has 0 radical (unpaired) electrons. The number of esters is 2. The summed E-state index contributed by atoms with van der Waals surface area (Å²) >= 11 is 12.4. The maximum atomic E-state index is 13.4. The number of benzene rings is 4. The van der Waals surface area contributed by atoms with Gasteiger partial charge < -0.3 is 23.9 Å². The van der Waals surface area contributed by atoms with E-state index in [0.29, 0.717) is 66.1 Å². The lowest BCUT2D eigenvalue weighted by atomic mass is 9.95. The van der Waals surface area contributed by atoms with E-state index >= 15 is 0 Å². The third kappa shape index (κ3) is 5.79. The molecule has 0 aliphatic carbocycles. The van der Waals surface area contributed by atoms with Gasteiger partial charge in [-0.3, -0.25) is 0 Å². The number of aromatic amines is 1. The molecule has 0 amide bonds. The number of nitrogens with one attached hydrogen (secondary N) is 1. The maximum absolute atomic E-state index is 13.4. The molecule has 0 atom stereocenters. The first-order valence-electron chi connectivity index (χ1n) is 13.1. The van der Waals surface area contributed by atoms with Crippen molar-refractivity contribution in [3.05, 3.63) is 100 Å². The van der Waals surface area contributed by atoms with Crippen molar-refractivity contribution in [2.45, 2.75) is 20.0 Å². The van der Waals surface area contributed by atoms with E-state index in [1.54, 1.807) is 42.5 Å². The van der Waals surface area contributed by atoms with Crippen LogP contribution in [0.15, 0.2) is 78.9 Å². The summed E-state index contributed by atoms with van der Waals surface area (Å²) in [5, 5.41) is 1.35. The normalized spacial score (nSPS) is 11.0. The Bertz CT molecular complexity index is 1780. The highest BCUT2D eigenvalue weighted by molar-refractivity contribution is 6.42. The highest BCUT2D eigenvalue weighted by Gasteiger charge is 2.26. The minimum Gasteiger partial charge on any atom is -0.491 e. The largest absolute Gasteiger partial charge is 0.491 e. The Morgan fingerprint density at radius 3 is 2.00 bits per heavy atom. The monoisotopic (exact) mass is 603 g/mol. The first-order chi connectivity index (χ1) is 20.2. The van der Waals surface area contributed by atoms with Gasteiger partial charge in [-0.05, 0) is 73.5 Å². The molecule has 214 valence electrons. The number of hydrogen-bond donors (Lipinski definition) is 1. The zero-order chi connectivity index (χ0) is 30.0. The summed E-state index contributed by atoms with van der Waals surface area (Å²) in [6.45, 7) is 3.92. The van der Waals surface area contributed by atoms with Gasteiger partial charge >= 0.3 is 11.9 Å². The van der Waals surface area contributed by atoms with E-state index in [2.05, 4.69) is 4.98 Å². The summed E-state index contributed by atoms with van der Waals surface area (Å²) < 4.78 is 22.3. The minimum absolute atomic E-state index is 0.0107. The number of halogens is 2. The molecule has 0 unspecified atom stereocenters. The zero-order valence-corrected chi connectivity index (χ0v) is 24.8. The molecule has 9 heteroatoms. The van der Waals surface area contributed by atoms with Crippen LogP contribution in [0.4, 0.5) is 0 Å². The van der Waals surface area contributed by atoms with Gasteiger partial charge in [-0.25, -0.2) is 9.59 Å². The number of rotatable bonds is 8. The van der Waals surface area contributed by atoms with Crippen LogP contribution in [0.5, 0.6) is 17.2 Å². The lowest BCUT2D eigenvalue weighted by Gasteiger charge is -2.15. The van der Waals surface area contributed by atoms with E-state index in [1.807, 2.05) is 50.2 Å². The fourth-order valence-corrected chi connectivity index (χ4v) is 4.98. The van der Waals surface area contributed by atoms with Crippen LogP contribution in [0.2, 0.25) is 10.0 Å². The molecule has 0 aliphatic rings. The molecule has 0 spiro atoms. The molecule has 7 nitrogen and oxygen atoms in total. The predicted molar refractivity (Wildman–Crippen MR) is 164 cm³/mol. The number of methoxy groups -OCH3 is 2. The summed E-state index contributed by atoms with van der Waals surface area (Å²) in [5.74, 6) is 0.666. The lowest BCUT2D eigenvalue weighted by Crippen LogP contribution is -2.05. The van der Waals surface area contributed by atoms with Crippen molar-refractivity contribution < 1.29 is 28.5 Å². The summed E-state index contributed by atoms with van der Waals surface area (Å²) in [6, 6.07) is 23.0. The predicted octanol–water partition coefficient (Wildman–Crippen LogP) is 8.96. The third-order valence-corrected chi connectivity index (χ3v) is 7.28. The van der Waals surface area contributed by atoms with Crippen LogP contribution in [0.3, 0.4) is 0 Å². The van der Waals surface area contributed by atoms with Crippen LogP contribution in [0.1, 0.15) is 34.6 Å². The lowest BCUT2D eigenvalue weighted by molar-refractivity contribution is 0.0593. The van der Waals surface area contributed by atoms with Gasteiger partial charge in [-0.15, -0.1) is 0 Å². The number of fused-ring (bicyclic) bond motifs is 1. The van der Waals surface area contributed by atoms with Crippen molar-refractivity contribution in [1.29, 1.82) is 0 Å². The second-order valence-electron chi connectivity index (χ2n) is 9.67. The second-order valence-corrected chi connectivity index (χ2v) is 10.5. The van der Waals surface area contributed by atoms with Gasteiger partial charge in [-0.2, -0.15) is 0 Å². The molecule has 5 aromatic rings. The second kappa shape index (κ2) is 12.2. The van der Waals surface area contributed by atoms with Crippen LogP contribution >= 0.6 is 23.2 Å². The standard InChI is InChI=1S/C33H27Cl2NO6/c1-18(2)41-22-11-9-19(10-12-22)28-27(42-23-13-14-24(34)25(35)17-23)16-15-26-29(28)30(33(38)40-4)31(36-26)20-5-7-21(8-6-20)32(37)39-3/h5-18,36H,1-4H3. The molecule has 0 saturated heterocycles. The SMILES string of the molecule is COC(=O)c1ccc(-c2[nH]c3ccc(Oc4ccc(Cl)c(Cl)c4)c(-c4ccc(OC(C)C)cc4)c3c2C(=O)OC)cc1. The summed E-state index contributed by atoms with van der Waals surface area (Å²) in [5.41, 5.74) is 4.03. The van der Waals surface area contributed by atoms with Gasteiger partial charge in [0.25, 0.3) is 0 Å². The van der Waals surface area contributed by atoms with E-state index in [9.17, 15) is 9.59 Å². The molecule has 1 N–H and O–H groups in total. The zero-order valence-electron chi connectivity index (χ0n) is 23.3. The molecule has 0 bridgehead atoms. The van der Waals surface area contributed by atoms with Crippen LogP contribution in [-0.4, -0.2) is 37.2 Å².